The molecule has 0 heterocycles. The number of carbonyl (C=O) groups is 3. The molecule has 0 aliphatic heterocycles. The lowest BCUT2D eigenvalue weighted by atomic mass is 10.2. The molecule has 0 aliphatic carbocycles. The van der Waals surface area contributed by atoms with Gasteiger partial charge < -0.3 is 10.4 Å². The minimum atomic E-state index is -1.13. The monoisotopic (exact) mass is 268 g/mol. The van der Waals surface area contributed by atoms with Crippen molar-refractivity contribution in [1.29, 1.82) is 0 Å². The van der Waals surface area contributed by atoms with Crippen LogP contribution in [0.2, 0.25) is 0 Å². The zero-order valence-corrected chi connectivity index (χ0v) is 10.2. The first-order valence-corrected chi connectivity index (χ1v) is 5.47. The number of aliphatic carboxylic acids is 1. The molecule has 0 saturated heterocycles. The average molecular weight is 268 g/mol. The number of carboxylic acid groups (broad SMARTS) is 1. The number of hydrogen-bond donors (Lipinski definition) is 3. The number of hydrogen-bond acceptors (Lipinski definition) is 3. The highest BCUT2D eigenvalue weighted by atomic mass is 19.1. The molecule has 1 aromatic rings. The molecule has 102 valence electrons. The second-order valence-corrected chi connectivity index (χ2v) is 3.86. The Balaban J connectivity index is 2.53. The van der Waals surface area contributed by atoms with Crippen molar-refractivity contribution in [3.63, 3.8) is 0 Å². The van der Waals surface area contributed by atoms with Gasteiger partial charge in [0, 0.05) is 12.1 Å². The van der Waals surface area contributed by atoms with Gasteiger partial charge in [0.2, 0.25) is 5.91 Å². The van der Waals surface area contributed by atoms with Gasteiger partial charge in [-0.2, -0.15) is 0 Å². The van der Waals surface area contributed by atoms with Gasteiger partial charge in [-0.05, 0) is 24.6 Å². The summed E-state index contributed by atoms with van der Waals surface area (Å²) in [6, 6.07) is 3.02. The van der Waals surface area contributed by atoms with Crippen LogP contribution in [-0.4, -0.2) is 23.0 Å². The highest BCUT2D eigenvalue weighted by Crippen LogP contribution is 2.15. The van der Waals surface area contributed by atoms with Crippen molar-refractivity contribution in [2.45, 2.75) is 19.8 Å². The number of benzene rings is 1. The van der Waals surface area contributed by atoms with Gasteiger partial charge in [0.1, 0.15) is 5.82 Å². The Morgan fingerprint density at radius 1 is 1.26 bits per heavy atom. The molecule has 7 heteroatoms. The van der Waals surface area contributed by atoms with Crippen LogP contribution in [0.25, 0.3) is 0 Å². The third-order valence-electron chi connectivity index (χ3n) is 2.27. The SMILES string of the molecule is Cc1ccc(F)cc1NC(=O)NC(=O)CCC(=O)O. The number of carboxylic acids is 1. The minimum Gasteiger partial charge on any atom is -0.481 e. The first-order chi connectivity index (χ1) is 8.88. The van der Waals surface area contributed by atoms with E-state index in [1.165, 1.54) is 12.1 Å². The van der Waals surface area contributed by atoms with E-state index in [4.69, 9.17) is 5.11 Å². The van der Waals surface area contributed by atoms with Gasteiger partial charge in [-0.3, -0.25) is 14.9 Å². The van der Waals surface area contributed by atoms with Crippen molar-refractivity contribution in [2.24, 2.45) is 0 Å². The molecule has 6 nitrogen and oxygen atoms in total. The largest absolute Gasteiger partial charge is 0.481 e. The highest BCUT2D eigenvalue weighted by molar-refractivity contribution is 6.01. The van der Waals surface area contributed by atoms with E-state index in [0.717, 1.165) is 6.07 Å². The van der Waals surface area contributed by atoms with Crippen molar-refractivity contribution in [2.75, 3.05) is 5.32 Å². The molecule has 0 aromatic heterocycles. The Hall–Kier alpha value is -2.44. The number of carbonyl (C=O) groups excluding carboxylic acids is 2. The van der Waals surface area contributed by atoms with E-state index in [0.29, 0.717) is 5.56 Å². The number of aryl methyl sites for hydroxylation is 1. The van der Waals surface area contributed by atoms with E-state index >= 15 is 0 Å². The molecule has 0 radical (unpaired) electrons. The molecule has 0 unspecified atom stereocenters. The Kier molecular flexibility index (Phi) is 4.99. The normalized spacial score (nSPS) is 9.79. The fourth-order valence-electron chi connectivity index (χ4n) is 1.29. The van der Waals surface area contributed by atoms with Gasteiger partial charge in [-0.15, -0.1) is 0 Å². The summed E-state index contributed by atoms with van der Waals surface area (Å²) in [4.78, 5) is 32.8. The van der Waals surface area contributed by atoms with Crippen LogP contribution in [0.15, 0.2) is 18.2 Å². The lowest BCUT2D eigenvalue weighted by Crippen LogP contribution is -2.34. The number of amides is 3. The van der Waals surface area contributed by atoms with Crippen LogP contribution in [-0.2, 0) is 9.59 Å². The van der Waals surface area contributed by atoms with E-state index in [9.17, 15) is 18.8 Å². The van der Waals surface area contributed by atoms with Gasteiger partial charge in [-0.1, -0.05) is 6.07 Å². The quantitative estimate of drug-likeness (QED) is 0.773. The fraction of sp³-hybridized carbons (Fsp3) is 0.250. The summed E-state index contributed by atoms with van der Waals surface area (Å²) in [5.74, 6) is -2.36. The van der Waals surface area contributed by atoms with Crippen molar-refractivity contribution in [3.8, 4) is 0 Å². The topological polar surface area (TPSA) is 95.5 Å². The van der Waals surface area contributed by atoms with Gasteiger partial charge in [0.15, 0.2) is 0 Å². The van der Waals surface area contributed by atoms with Gasteiger partial charge in [0.25, 0.3) is 0 Å². The van der Waals surface area contributed by atoms with Crippen LogP contribution in [0.4, 0.5) is 14.9 Å². The molecule has 3 N–H and O–H groups in total. The first kappa shape index (κ1) is 14.6. The highest BCUT2D eigenvalue weighted by Gasteiger charge is 2.11. The number of halogens is 1. The molecule has 1 rings (SSSR count). The summed E-state index contributed by atoms with van der Waals surface area (Å²) in [5.41, 5.74) is 0.873. The smallest absolute Gasteiger partial charge is 0.325 e. The predicted octanol–water partition coefficient (Wildman–Crippen LogP) is 1.65. The molecular formula is C12H13FN2O4. The van der Waals surface area contributed by atoms with Crippen LogP contribution in [0, 0.1) is 12.7 Å². The molecule has 0 aliphatic rings. The molecule has 0 spiro atoms. The Labute approximate surface area is 108 Å². The molecule has 1 aromatic carbocycles. The van der Waals surface area contributed by atoms with Crippen molar-refractivity contribution < 1.29 is 23.9 Å². The Bertz CT molecular complexity index is 516. The molecule has 0 atom stereocenters. The van der Waals surface area contributed by atoms with Crippen molar-refractivity contribution in [1.82, 2.24) is 5.32 Å². The third-order valence-corrected chi connectivity index (χ3v) is 2.27. The number of rotatable bonds is 4. The fourth-order valence-corrected chi connectivity index (χ4v) is 1.29. The number of urea groups is 1. The summed E-state index contributed by atoms with van der Waals surface area (Å²) in [6.45, 7) is 1.67. The van der Waals surface area contributed by atoms with E-state index < -0.39 is 23.7 Å². The zero-order chi connectivity index (χ0) is 14.4. The first-order valence-electron chi connectivity index (χ1n) is 5.47. The van der Waals surface area contributed by atoms with E-state index in [2.05, 4.69) is 5.32 Å². The van der Waals surface area contributed by atoms with Gasteiger partial charge in [-0.25, -0.2) is 9.18 Å². The summed E-state index contributed by atoms with van der Waals surface area (Å²) in [5, 5.41) is 12.6. The van der Waals surface area contributed by atoms with Gasteiger partial charge >= 0.3 is 12.0 Å². The number of nitrogens with one attached hydrogen (secondary N) is 2. The third kappa shape index (κ3) is 5.15. The maximum atomic E-state index is 13.0. The van der Waals surface area contributed by atoms with E-state index in [-0.39, 0.29) is 18.5 Å². The second-order valence-electron chi connectivity index (χ2n) is 3.86. The lowest BCUT2D eigenvalue weighted by Gasteiger charge is -2.08. The summed E-state index contributed by atoms with van der Waals surface area (Å²) in [6.07, 6.45) is -0.664. The second kappa shape index (κ2) is 6.48. The molecule has 3 amide bonds. The predicted molar refractivity (Wildman–Crippen MR) is 65.2 cm³/mol. The average Bonchev–Trinajstić information content (AvgIpc) is 2.31. The van der Waals surface area contributed by atoms with Crippen LogP contribution in [0.3, 0.4) is 0 Å². The van der Waals surface area contributed by atoms with Gasteiger partial charge in [0.05, 0.1) is 6.42 Å². The van der Waals surface area contributed by atoms with Crippen molar-refractivity contribution in [3.05, 3.63) is 29.6 Å². The molecule has 0 saturated carbocycles. The van der Waals surface area contributed by atoms with Crippen LogP contribution >= 0.6 is 0 Å². The molecular weight excluding hydrogens is 255 g/mol. The Morgan fingerprint density at radius 3 is 2.58 bits per heavy atom. The van der Waals surface area contributed by atoms with E-state index in [1.54, 1.807) is 6.92 Å². The van der Waals surface area contributed by atoms with Crippen LogP contribution in [0.5, 0.6) is 0 Å². The number of anilines is 1. The van der Waals surface area contributed by atoms with Crippen LogP contribution < -0.4 is 10.6 Å². The maximum absolute atomic E-state index is 13.0. The molecule has 19 heavy (non-hydrogen) atoms. The lowest BCUT2D eigenvalue weighted by molar-refractivity contribution is -0.138. The minimum absolute atomic E-state index is 0.239. The molecule has 0 bridgehead atoms. The zero-order valence-electron chi connectivity index (χ0n) is 10.2. The number of imide groups is 1. The van der Waals surface area contributed by atoms with Crippen molar-refractivity contribution >= 4 is 23.6 Å². The van der Waals surface area contributed by atoms with Crippen LogP contribution in [0.1, 0.15) is 18.4 Å². The summed E-state index contributed by atoms with van der Waals surface area (Å²) < 4.78 is 13.0. The van der Waals surface area contributed by atoms with E-state index in [1.807, 2.05) is 5.32 Å². The summed E-state index contributed by atoms with van der Waals surface area (Å²) in [7, 11) is 0. The summed E-state index contributed by atoms with van der Waals surface area (Å²) >= 11 is 0. The standard InChI is InChI=1S/C12H13FN2O4/c1-7-2-3-8(13)6-9(7)14-12(19)15-10(16)4-5-11(17)18/h2-3,6H,4-5H2,1H3,(H,17,18)(H2,14,15,16,19). The maximum Gasteiger partial charge on any atom is 0.325 e. The Morgan fingerprint density at radius 2 is 1.95 bits per heavy atom. The molecule has 0 fully saturated rings.